The number of aliphatic hydroxyl groups is 1. The lowest BCUT2D eigenvalue weighted by Crippen LogP contribution is -2.32. The Kier molecular flexibility index (Phi) is 5.79. The van der Waals surface area contributed by atoms with E-state index in [0.29, 0.717) is 32.8 Å². The predicted octanol–water partition coefficient (Wildman–Crippen LogP) is 4.30. The number of aromatic nitrogens is 2. The van der Waals surface area contributed by atoms with E-state index in [-0.39, 0.29) is 24.5 Å². The normalized spacial score (nSPS) is 12.1. The first kappa shape index (κ1) is 20.1. The van der Waals surface area contributed by atoms with Gasteiger partial charge in [-0.2, -0.15) is 5.10 Å². The molecule has 0 unspecified atom stereocenters. The van der Waals surface area contributed by atoms with Gasteiger partial charge in [-0.15, -0.1) is 0 Å². The Bertz CT molecular complexity index is 1220. The lowest BCUT2D eigenvalue weighted by Gasteiger charge is -2.15. The standard InChI is InChI=1S/C23H18ClFN2O3/c24-16-7-11-19(12-8-16)30-14-18(28)13-27-23(29)21-4-2-1-3-20(21)22(26-27)15-5-9-17(25)10-6-15/h1-12,18,28H,13-14H2/t18-/m0/s1. The molecule has 0 bridgehead atoms. The van der Waals surface area contributed by atoms with Crippen LogP contribution in [-0.2, 0) is 6.54 Å². The van der Waals surface area contributed by atoms with Gasteiger partial charge in [-0.25, -0.2) is 9.07 Å². The smallest absolute Gasteiger partial charge is 0.274 e. The molecule has 0 saturated carbocycles. The second-order valence-corrected chi connectivity index (χ2v) is 7.24. The van der Waals surface area contributed by atoms with Gasteiger partial charge in [0.15, 0.2) is 0 Å². The number of ether oxygens (including phenoxy) is 1. The van der Waals surface area contributed by atoms with Gasteiger partial charge in [-0.1, -0.05) is 29.8 Å². The first-order chi connectivity index (χ1) is 14.5. The Morgan fingerprint density at radius 1 is 1.00 bits per heavy atom. The zero-order valence-electron chi connectivity index (χ0n) is 15.8. The minimum absolute atomic E-state index is 0.0194. The topological polar surface area (TPSA) is 64.4 Å². The monoisotopic (exact) mass is 424 g/mol. The Labute approximate surface area is 176 Å². The van der Waals surface area contributed by atoms with E-state index in [1.165, 1.54) is 16.8 Å². The van der Waals surface area contributed by atoms with E-state index < -0.39 is 6.10 Å². The molecule has 0 saturated heterocycles. The van der Waals surface area contributed by atoms with E-state index >= 15 is 0 Å². The Morgan fingerprint density at radius 3 is 2.37 bits per heavy atom. The van der Waals surface area contributed by atoms with Gasteiger partial charge in [0.25, 0.3) is 5.56 Å². The summed E-state index contributed by atoms with van der Waals surface area (Å²) in [4.78, 5) is 12.9. The van der Waals surface area contributed by atoms with Crippen molar-refractivity contribution in [2.24, 2.45) is 0 Å². The summed E-state index contributed by atoms with van der Waals surface area (Å²) in [6.45, 7) is -0.0695. The van der Waals surface area contributed by atoms with Crippen LogP contribution < -0.4 is 10.3 Å². The third kappa shape index (κ3) is 4.35. The van der Waals surface area contributed by atoms with Crippen molar-refractivity contribution >= 4 is 22.4 Å². The molecule has 1 N–H and O–H groups in total. The molecule has 0 aliphatic carbocycles. The molecule has 0 aliphatic rings. The van der Waals surface area contributed by atoms with E-state index in [9.17, 15) is 14.3 Å². The average Bonchev–Trinajstić information content (AvgIpc) is 2.76. The van der Waals surface area contributed by atoms with Crippen LogP contribution >= 0.6 is 11.6 Å². The van der Waals surface area contributed by atoms with Crippen LogP contribution in [0.5, 0.6) is 5.75 Å². The highest BCUT2D eigenvalue weighted by molar-refractivity contribution is 6.30. The van der Waals surface area contributed by atoms with E-state index in [0.717, 1.165) is 0 Å². The maximum absolute atomic E-state index is 13.3. The maximum atomic E-state index is 13.3. The molecule has 152 valence electrons. The lowest BCUT2D eigenvalue weighted by atomic mass is 10.1. The van der Waals surface area contributed by atoms with Gasteiger partial charge in [0.1, 0.15) is 24.3 Å². The van der Waals surface area contributed by atoms with Crippen LogP contribution in [0, 0.1) is 5.82 Å². The second-order valence-electron chi connectivity index (χ2n) is 6.81. The van der Waals surface area contributed by atoms with Gasteiger partial charge in [0, 0.05) is 16.0 Å². The van der Waals surface area contributed by atoms with Crippen LogP contribution in [0.2, 0.25) is 5.02 Å². The van der Waals surface area contributed by atoms with Gasteiger partial charge < -0.3 is 9.84 Å². The molecule has 0 spiro atoms. The maximum Gasteiger partial charge on any atom is 0.274 e. The molecule has 0 fully saturated rings. The highest BCUT2D eigenvalue weighted by Crippen LogP contribution is 2.25. The largest absolute Gasteiger partial charge is 0.491 e. The summed E-state index contributed by atoms with van der Waals surface area (Å²) < 4.78 is 20.1. The summed E-state index contributed by atoms with van der Waals surface area (Å²) in [5.74, 6) is 0.204. The molecule has 1 heterocycles. The van der Waals surface area contributed by atoms with Crippen molar-refractivity contribution in [1.82, 2.24) is 9.78 Å². The molecule has 0 aliphatic heterocycles. The molecule has 3 aromatic carbocycles. The van der Waals surface area contributed by atoms with Crippen molar-refractivity contribution in [3.8, 4) is 17.0 Å². The lowest BCUT2D eigenvalue weighted by molar-refractivity contribution is 0.0882. The van der Waals surface area contributed by atoms with Crippen LogP contribution in [0.4, 0.5) is 4.39 Å². The number of nitrogens with zero attached hydrogens (tertiary/aromatic N) is 2. The molecule has 1 aromatic heterocycles. The average molecular weight is 425 g/mol. The highest BCUT2D eigenvalue weighted by atomic mass is 35.5. The molecule has 5 nitrogen and oxygen atoms in total. The second kappa shape index (κ2) is 8.65. The fourth-order valence-electron chi connectivity index (χ4n) is 3.16. The van der Waals surface area contributed by atoms with Gasteiger partial charge in [-0.05, 0) is 54.6 Å². The fourth-order valence-corrected chi connectivity index (χ4v) is 3.28. The van der Waals surface area contributed by atoms with Crippen molar-refractivity contribution in [3.05, 3.63) is 94.0 Å². The Balaban J connectivity index is 1.63. The molecule has 4 rings (SSSR count). The van der Waals surface area contributed by atoms with E-state index in [1.807, 2.05) is 6.07 Å². The number of fused-ring (bicyclic) bond motifs is 1. The van der Waals surface area contributed by atoms with Gasteiger partial charge in [0.05, 0.1) is 17.6 Å². The van der Waals surface area contributed by atoms with E-state index in [1.54, 1.807) is 54.6 Å². The van der Waals surface area contributed by atoms with Crippen molar-refractivity contribution in [1.29, 1.82) is 0 Å². The summed E-state index contributed by atoms with van der Waals surface area (Å²) in [6.07, 6.45) is -0.965. The van der Waals surface area contributed by atoms with Gasteiger partial charge in [-0.3, -0.25) is 4.79 Å². The van der Waals surface area contributed by atoms with Crippen molar-refractivity contribution in [2.45, 2.75) is 12.6 Å². The molecule has 4 aromatic rings. The Hall–Kier alpha value is -3.22. The molecule has 0 radical (unpaired) electrons. The van der Waals surface area contributed by atoms with E-state index in [2.05, 4.69) is 5.10 Å². The molecule has 30 heavy (non-hydrogen) atoms. The zero-order chi connectivity index (χ0) is 21.1. The first-order valence-corrected chi connectivity index (χ1v) is 9.71. The summed E-state index contributed by atoms with van der Waals surface area (Å²) in [6, 6.07) is 19.8. The molecule has 7 heteroatoms. The molecule has 1 atom stereocenters. The number of hydrogen-bond acceptors (Lipinski definition) is 4. The minimum atomic E-state index is -0.965. The first-order valence-electron chi connectivity index (χ1n) is 9.33. The van der Waals surface area contributed by atoms with Gasteiger partial charge >= 0.3 is 0 Å². The minimum Gasteiger partial charge on any atom is -0.491 e. The van der Waals surface area contributed by atoms with Crippen LogP contribution in [0.3, 0.4) is 0 Å². The molecular weight excluding hydrogens is 407 g/mol. The van der Waals surface area contributed by atoms with Crippen LogP contribution in [0.1, 0.15) is 0 Å². The highest BCUT2D eigenvalue weighted by Gasteiger charge is 2.15. The number of halogens is 2. The van der Waals surface area contributed by atoms with Gasteiger partial charge in [0.2, 0.25) is 0 Å². The number of aliphatic hydroxyl groups excluding tert-OH is 1. The van der Waals surface area contributed by atoms with Crippen molar-refractivity contribution in [2.75, 3.05) is 6.61 Å². The number of hydrogen-bond donors (Lipinski definition) is 1. The summed E-state index contributed by atoms with van der Waals surface area (Å²) >= 11 is 5.85. The summed E-state index contributed by atoms with van der Waals surface area (Å²) in [7, 11) is 0. The van der Waals surface area contributed by atoms with Crippen molar-refractivity contribution < 1.29 is 14.2 Å². The molecular formula is C23H18ClFN2O3. The third-order valence-corrected chi connectivity index (χ3v) is 4.88. The molecule has 0 amide bonds. The van der Waals surface area contributed by atoms with E-state index in [4.69, 9.17) is 16.3 Å². The fraction of sp³-hybridized carbons (Fsp3) is 0.130. The predicted molar refractivity (Wildman–Crippen MR) is 114 cm³/mol. The Morgan fingerprint density at radius 2 is 1.67 bits per heavy atom. The van der Waals surface area contributed by atoms with Crippen LogP contribution in [0.25, 0.3) is 22.0 Å². The zero-order valence-corrected chi connectivity index (χ0v) is 16.6. The number of benzene rings is 3. The third-order valence-electron chi connectivity index (χ3n) is 4.63. The quantitative estimate of drug-likeness (QED) is 0.501. The van der Waals surface area contributed by atoms with Crippen LogP contribution in [0.15, 0.2) is 77.6 Å². The van der Waals surface area contributed by atoms with Crippen LogP contribution in [-0.4, -0.2) is 27.6 Å². The SMILES string of the molecule is O=c1c2ccccc2c(-c2ccc(F)cc2)nn1C[C@H](O)COc1ccc(Cl)cc1. The number of rotatable bonds is 6. The summed E-state index contributed by atoms with van der Waals surface area (Å²) in [5, 5.41) is 16.6. The van der Waals surface area contributed by atoms with Crippen molar-refractivity contribution in [3.63, 3.8) is 0 Å². The summed E-state index contributed by atoms with van der Waals surface area (Å²) in [5.41, 5.74) is 0.895.